The summed E-state index contributed by atoms with van der Waals surface area (Å²) >= 11 is 0. The Balaban J connectivity index is 3.13. The van der Waals surface area contributed by atoms with E-state index in [2.05, 4.69) is 6.58 Å². The van der Waals surface area contributed by atoms with Crippen LogP contribution in [-0.4, -0.2) is 16.6 Å². The molecule has 0 radical (unpaired) electrons. The van der Waals surface area contributed by atoms with Gasteiger partial charge in [0.1, 0.15) is 11.8 Å². The lowest BCUT2D eigenvalue weighted by Crippen LogP contribution is -1.98. The van der Waals surface area contributed by atoms with Gasteiger partial charge in [-0.1, -0.05) is 6.08 Å². The van der Waals surface area contributed by atoms with Gasteiger partial charge in [0, 0.05) is 18.3 Å². The van der Waals surface area contributed by atoms with E-state index in [4.69, 9.17) is 10.7 Å². The van der Waals surface area contributed by atoms with Crippen LogP contribution in [-0.2, 0) is 6.54 Å². The van der Waals surface area contributed by atoms with Gasteiger partial charge in [0.15, 0.2) is 0 Å². The van der Waals surface area contributed by atoms with Crippen LogP contribution in [0.2, 0.25) is 0 Å². The van der Waals surface area contributed by atoms with Crippen LogP contribution in [0.4, 0.5) is 0 Å². The number of Topliss-reactive ketones (excluding diaryl/α,β-unsaturated/α-hetero) is 1. The highest BCUT2D eigenvalue weighted by Crippen LogP contribution is 2.08. The number of aromatic nitrogens is 1. The lowest BCUT2D eigenvalue weighted by atomic mass is 10.2. The fraction of sp³-hybridized carbons (Fsp3) is 0.100. The van der Waals surface area contributed by atoms with E-state index in [1.165, 1.54) is 6.07 Å². The van der Waals surface area contributed by atoms with Crippen LogP contribution in [0.15, 0.2) is 24.9 Å². The molecule has 0 spiro atoms. The van der Waals surface area contributed by atoms with Crippen molar-refractivity contribution in [2.75, 3.05) is 0 Å². The van der Waals surface area contributed by atoms with Crippen LogP contribution >= 0.6 is 0 Å². The molecule has 0 aliphatic carbocycles. The van der Waals surface area contributed by atoms with Crippen molar-refractivity contribution < 1.29 is 4.79 Å². The van der Waals surface area contributed by atoms with Gasteiger partial charge in [0.2, 0.25) is 5.78 Å². The number of nitrogens with zero attached hydrogens (tertiary/aromatic N) is 2. The molecule has 14 heavy (non-hydrogen) atoms. The monoisotopic (exact) mass is 187 g/mol. The molecule has 0 amide bonds. The van der Waals surface area contributed by atoms with Crippen LogP contribution in [0.3, 0.4) is 0 Å². The molecule has 1 rings (SSSR count). The Morgan fingerprint density at radius 2 is 2.50 bits per heavy atom. The largest absolute Gasteiger partial charge is 0.335 e. The summed E-state index contributed by atoms with van der Waals surface area (Å²) in [5.74, 6) is -0.399. The molecule has 70 valence electrons. The molecular weight excluding hydrogens is 178 g/mol. The smallest absolute Gasteiger partial charge is 0.204 e. The van der Waals surface area contributed by atoms with Crippen molar-refractivity contribution in [1.29, 1.82) is 10.7 Å². The Bertz CT molecular complexity index is 423. The Morgan fingerprint density at radius 1 is 1.79 bits per heavy atom. The van der Waals surface area contributed by atoms with Gasteiger partial charge in [-0.3, -0.25) is 4.79 Å². The molecule has 1 aromatic rings. The summed E-state index contributed by atoms with van der Waals surface area (Å²) < 4.78 is 1.61. The van der Waals surface area contributed by atoms with E-state index < -0.39 is 5.78 Å². The molecular formula is C10H9N3O. The van der Waals surface area contributed by atoms with Gasteiger partial charge in [-0.15, -0.1) is 6.58 Å². The van der Waals surface area contributed by atoms with Gasteiger partial charge in [-0.05, 0) is 6.07 Å². The minimum Gasteiger partial charge on any atom is -0.335 e. The molecule has 4 heteroatoms. The van der Waals surface area contributed by atoms with Crippen LogP contribution in [0.5, 0.6) is 0 Å². The zero-order chi connectivity index (χ0) is 10.6. The first-order chi connectivity index (χ1) is 6.72. The summed E-state index contributed by atoms with van der Waals surface area (Å²) in [5, 5.41) is 15.5. The molecule has 0 aliphatic heterocycles. The van der Waals surface area contributed by atoms with Crippen LogP contribution in [0.25, 0.3) is 0 Å². The van der Waals surface area contributed by atoms with E-state index in [-0.39, 0.29) is 0 Å². The molecule has 0 fully saturated rings. The van der Waals surface area contributed by atoms with Crippen molar-refractivity contribution in [1.82, 2.24) is 4.57 Å². The number of rotatable bonds is 4. The van der Waals surface area contributed by atoms with Crippen molar-refractivity contribution in [3.63, 3.8) is 0 Å². The Morgan fingerprint density at radius 3 is 3.00 bits per heavy atom. The number of allylic oxidation sites excluding steroid dienone is 1. The SMILES string of the molecule is C=CCn1cc(C(=O)C=N)cc1C#N. The summed E-state index contributed by atoms with van der Waals surface area (Å²) in [6, 6.07) is 3.44. The van der Waals surface area contributed by atoms with Crippen LogP contribution in [0, 0.1) is 16.7 Å². The Kier molecular flexibility index (Phi) is 2.97. The standard InChI is InChI=1S/C10H9N3O/c1-2-3-13-7-8(10(14)6-12)4-9(13)5-11/h2,4,6-7,12H,1,3H2. The molecule has 0 atom stereocenters. The van der Waals surface area contributed by atoms with Crippen LogP contribution in [0.1, 0.15) is 16.1 Å². The molecule has 0 saturated carbocycles. The van der Waals surface area contributed by atoms with Crippen molar-refractivity contribution in [3.05, 3.63) is 36.2 Å². The second-order valence-corrected chi connectivity index (χ2v) is 2.68. The second kappa shape index (κ2) is 4.19. The molecule has 4 nitrogen and oxygen atoms in total. The third kappa shape index (κ3) is 1.77. The molecule has 0 bridgehead atoms. The van der Waals surface area contributed by atoms with Crippen molar-refractivity contribution in [3.8, 4) is 6.07 Å². The van der Waals surface area contributed by atoms with E-state index in [0.717, 1.165) is 6.21 Å². The molecule has 0 unspecified atom stereocenters. The highest BCUT2D eigenvalue weighted by atomic mass is 16.1. The fourth-order valence-electron chi connectivity index (χ4n) is 1.11. The second-order valence-electron chi connectivity index (χ2n) is 2.68. The average Bonchev–Trinajstić information content (AvgIpc) is 2.60. The number of hydrogen-bond donors (Lipinski definition) is 1. The highest BCUT2D eigenvalue weighted by molar-refractivity contribution is 6.34. The zero-order valence-corrected chi connectivity index (χ0v) is 7.53. The van der Waals surface area contributed by atoms with E-state index in [1.54, 1.807) is 16.8 Å². The average molecular weight is 187 g/mol. The first kappa shape index (κ1) is 9.93. The first-order valence-corrected chi connectivity index (χ1v) is 3.99. The predicted octanol–water partition coefficient (Wildman–Crippen LogP) is 1.38. The summed E-state index contributed by atoms with van der Waals surface area (Å²) in [5.41, 5.74) is 0.758. The Labute approximate surface area is 81.6 Å². The van der Waals surface area contributed by atoms with E-state index in [0.29, 0.717) is 17.8 Å². The maximum atomic E-state index is 11.1. The molecule has 0 aromatic carbocycles. The van der Waals surface area contributed by atoms with Crippen molar-refractivity contribution >= 4 is 12.0 Å². The minimum absolute atomic E-state index is 0.360. The quantitative estimate of drug-likeness (QED) is 0.439. The zero-order valence-electron chi connectivity index (χ0n) is 7.53. The van der Waals surface area contributed by atoms with Gasteiger partial charge in [-0.25, -0.2) is 0 Å². The highest BCUT2D eigenvalue weighted by Gasteiger charge is 2.08. The van der Waals surface area contributed by atoms with E-state index >= 15 is 0 Å². The molecule has 0 aliphatic rings. The summed E-state index contributed by atoms with van der Waals surface area (Å²) in [6.07, 6.45) is 3.92. The molecule has 1 N–H and O–H groups in total. The minimum atomic E-state index is -0.399. The van der Waals surface area contributed by atoms with Gasteiger partial charge in [0.25, 0.3) is 0 Å². The summed E-state index contributed by atoms with van der Waals surface area (Å²) in [7, 11) is 0. The molecule has 1 aromatic heterocycles. The van der Waals surface area contributed by atoms with Gasteiger partial charge in [-0.2, -0.15) is 5.26 Å². The van der Waals surface area contributed by atoms with Gasteiger partial charge in [0.05, 0.1) is 6.21 Å². The number of carbonyl (C=O) groups excluding carboxylic acids is 1. The summed E-state index contributed by atoms with van der Waals surface area (Å²) in [6.45, 7) is 4.03. The number of nitrogens with one attached hydrogen (secondary N) is 1. The first-order valence-electron chi connectivity index (χ1n) is 3.99. The number of hydrogen-bond acceptors (Lipinski definition) is 3. The third-order valence-corrected chi connectivity index (χ3v) is 1.75. The maximum absolute atomic E-state index is 11.1. The topological polar surface area (TPSA) is 69.6 Å². The third-order valence-electron chi connectivity index (χ3n) is 1.75. The Hall–Kier alpha value is -2.15. The predicted molar refractivity (Wildman–Crippen MR) is 52.5 cm³/mol. The lowest BCUT2D eigenvalue weighted by Gasteiger charge is -1.96. The van der Waals surface area contributed by atoms with E-state index in [9.17, 15) is 4.79 Å². The van der Waals surface area contributed by atoms with Gasteiger partial charge >= 0.3 is 0 Å². The van der Waals surface area contributed by atoms with Crippen LogP contribution < -0.4 is 0 Å². The lowest BCUT2D eigenvalue weighted by molar-refractivity contribution is 0.107. The normalized spacial score (nSPS) is 9.07. The number of nitriles is 1. The summed E-state index contributed by atoms with van der Waals surface area (Å²) in [4.78, 5) is 11.1. The maximum Gasteiger partial charge on any atom is 0.204 e. The molecule has 1 heterocycles. The number of ketones is 1. The van der Waals surface area contributed by atoms with Gasteiger partial charge < -0.3 is 9.98 Å². The van der Waals surface area contributed by atoms with Crippen molar-refractivity contribution in [2.24, 2.45) is 0 Å². The van der Waals surface area contributed by atoms with Crippen molar-refractivity contribution in [2.45, 2.75) is 6.54 Å². The molecule has 0 saturated heterocycles. The fourth-order valence-corrected chi connectivity index (χ4v) is 1.11. The number of carbonyl (C=O) groups is 1. The van der Waals surface area contributed by atoms with E-state index in [1.807, 2.05) is 6.07 Å².